The van der Waals surface area contributed by atoms with Crippen LogP contribution in [0, 0.1) is 0 Å². The molecular weight excluding hydrogens is 240 g/mol. The summed E-state index contributed by atoms with van der Waals surface area (Å²) in [6.45, 7) is 1.43. The third kappa shape index (κ3) is 1.72. The number of phenols is 4. The summed E-state index contributed by atoms with van der Waals surface area (Å²) in [4.78, 5) is -1.01. The predicted molar refractivity (Wildman–Crippen MR) is 52.3 cm³/mol. The third-order valence-electron chi connectivity index (χ3n) is 2.06. The van der Waals surface area contributed by atoms with Crippen molar-refractivity contribution in [3.63, 3.8) is 0 Å². The third-order valence-corrected chi connectivity index (χ3v) is 3.02. The fourth-order valence-corrected chi connectivity index (χ4v) is 2.22. The lowest BCUT2D eigenvalue weighted by atomic mass is 10.1. The van der Waals surface area contributed by atoms with Gasteiger partial charge < -0.3 is 20.4 Å². The Kier molecular flexibility index (Phi) is 2.89. The molecule has 0 spiro atoms. The van der Waals surface area contributed by atoms with E-state index < -0.39 is 38.0 Å². The monoisotopic (exact) mass is 250 g/mol. The van der Waals surface area contributed by atoms with Gasteiger partial charge >= 0.3 is 0 Å². The summed E-state index contributed by atoms with van der Waals surface area (Å²) in [6, 6.07) is 0. The Morgan fingerprint density at radius 3 is 1.75 bits per heavy atom. The van der Waals surface area contributed by atoms with Crippen LogP contribution in [-0.4, -0.2) is 33.4 Å². The second-order valence-corrected chi connectivity index (χ2v) is 4.39. The maximum absolute atomic E-state index is 10.9. The van der Waals surface area contributed by atoms with Crippen LogP contribution in [0.5, 0.6) is 23.0 Å². The van der Waals surface area contributed by atoms with Crippen molar-refractivity contribution in [2.45, 2.75) is 18.2 Å². The molecule has 0 saturated heterocycles. The molecule has 0 atom stereocenters. The van der Waals surface area contributed by atoms with E-state index >= 15 is 0 Å². The maximum atomic E-state index is 10.9. The van der Waals surface area contributed by atoms with Crippen molar-refractivity contribution in [3.05, 3.63) is 5.56 Å². The Balaban J connectivity index is 3.87. The van der Waals surface area contributed by atoms with E-state index in [4.69, 9.17) is 14.8 Å². The van der Waals surface area contributed by atoms with Gasteiger partial charge in [0.25, 0.3) is 10.1 Å². The Morgan fingerprint density at radius 1 is 0.938 bits per heavy atom. The highest BCUT2D eigenvalue weighted by molar-refractivity contribution is 7.86. The van der Waals surface area contributed by atoms with Gasteiger partial charge in [0.1, 0.15) is 4.90 Å². The normalized spacial score (nSPS) is 11.6. The largest absolute Gasteiger partial charge is 0.504 e. The van der Waals surface area contributed by atoms with Gasteiger partial charge in [0, 0.05) is 5.56 Å². The molecule has 0 fully saturated rings. The number of phenolic OH excluding ortho intramolecular Hbond substituents is 4. The van der Waals surface area contributed by atoms with Crippen LogP contribution < -0.4 is 0 Å². The Morgan fingerprint density at radius 2 is 1.38 bits per heavy atom. The van der Waals surface area contributed by atoms with Crippen molar-refractivity contribution in [2.24, 2.45) is 0 Å². The van der Waals surface area contributed by atoms with E-state index in [1.165, 1.54) is 6.92 Å². The molecule has 0 radical (unpaired) electrons. The average Bonchev–Trinajstić information content (AvgIpc) is 2.18. The molecule has 7 nitrogen and oxygen atoms in total. The summed E-state index contributed by atoms with van der Waals surface area (Å²) in [5.41, 5.74) is -0.379. The molecule has 0 aliphatic rings. The van der Waals surface area contributed by atoms with Gasteiger partial charge in [-0.2, -0.15) is 8.42 Å². The minimum atomic E-state index is -4.82. The second-order valence-electron chi connectivity index (χ2n) is 3.03. The number of hydrogen-bond donors (Lipinski definition) is 5. The molecule has 5 N–H and O–H groups in total. The molecule has 0 aliphatic carbocycles. The van der Waals surface area contributed by atoms with Crippen molar-refractivity contribution >= 4 is 10.1 Å². The SMILES string of the molecule is CCc1c(O)c(O)c(O)c(O)c1S(=O)(=O)O. The van der Waals surface area contributed by atoms with E-state index in [-0.39, 0.29) is 12.0 Å². The fraction of sp³-hybridized carbons (Fsp3) is 0.250. The quantitative estimate of drug-likeness (QED) is 0.289. The Bertz CT molecular complexity index is 532. The molecular formula is C8H10O7S. The number of benzene rings is 1. The van der Waals surface area contributed by atoms with E-state index in [1.807, 2.05) is 0 Å². The Hall–Kier alpha value is -1.67. The van der Waals surface area contributed by atoms with Crippen LogP contribution in [0.4, 0.5) is 0 Å². The minimum Gasteiger partial charge on any atom is -0.504 e. The molecule has 0 heterocycles. The van der Waals surface area contributed by atoms with E-state index in [0.29, 0.717) is 0 Å². The molecule has 1 aromatic carbocycles. The highest BCUT2D eigenvalue weighted by Gasteiger charge is 2.29. The van der Waals surface area contributed by atoms with Crippen molar-refractivity contribution in [1.82, 2.24) is 0 Å². The first kappa shape index (κ1) is 12.4. The topological polar surface area (TPSA) is 135 Å². The zero-order valence-electron chi connectivity index (χ0n) is 8.17. The summed E-state index contributed by atoms with van der Waals surface area (Å²) in [5, 5.41) is 36.9. The lowest BCUT2D eigenvalue weighted by molar-refractivity contribution is 0.334. The van der Waals surface area contributed by atoms with Gasteiger partial charge in [-0.25, -0.2) is 0 Å². The van der Waals surface area contributed by atoms with Crippen LogP contribution in [-0.2, 0) is 16.5 Å². The van der Waals surface area contributed by atoms with Crippen LogP contribution in [0.3, 0.4) is 0 Å². The van der Waals surface area contributed by atoms with Crippen LogP contribution in [0.2, 0.25) is 0 Å². The first-order valence-electron chi connectivity index (χ1n) is 4.18. The zero-order chi connectivity index (χ0) is 12.7. The molecule has 0 saturated carbocycles. The van der Waals surface area contributed by atoms with Crippen molar-refractivity contribution in [3.8, 4) is 23.0 Å². The molecule has 1 rings (SSSR count). The molecule has 0 aromatic heterocycles. The van der Waals surface area contributed by atoms with E-state index in [0.717, 1.165) is 0 Å². The molecule has 0 unspecified atom stereocenters. The van der Waals surface area contributed by atoms with Crippen molar-refractivity contribution in [2.75, 3.05) is 0 Å². The van der Waals surface area contributed by atoms with E-state index in [9.17, 15) is 18.6 Å². The molecule has 0 bridgehead atoms. The van der Waals surface area contributed by atoms with Crippen LogP contribution in [0.15, 0.2) is 4.90 Å². The first-order valence-corrected chi connectivity index (χ1v) is 5.62. The standard InChI is InChI=1S/C8H10O7S/c1-2-3-4(9)5(10)6(11)7(12)8(3)16(13,14)15/h9-12H,2H2,1H3,(H,13,14,15). The predicted octanol–water partition coefficient (Wildman–Crippen LogP) is 0.318. The van der Waals surface area contributed by atoms with Gasteiger partial charge in [-0.3, -0.25) is 4.55 Å². The smallest absolute Gasteiger partial charge is 0.298 e. The van der Waals surface area contributed by atoms with Gasteiger partial charge in [0.15, 0.2) is 11.5 Å². The van der Waals surface area contributed by atoms with Crippen molar-refractivity contribution < 1.29 is 33.4 Å². The number of hydrogen-bond acceptors (Lipinski definition) is 6. The molecule has 0 amide bonds. The summed E-state index contributed by atoms with van der Waals surface area (Å²) in [6.07, 6.45) is -0.0810. The molecule has 1 aromatic rings. The van der Waals surface area contributed by atoms with Gasteiger partial charge in [-0.05, 0) is 6.42 Å². The van der Waals surface area contributed by atoms with E-state index in [2.05, 4.69) is 0 Å². The zero-order valence-corrected chi connectivity index (χ0v) is 8.98. The van der Waals surface area contributed by atoms with Gasteiger partial charge in [-0.1, -0.05) is 6.92 Å². The fourth-order valence-electron chi connectivity index (χ4n) is 1.33. The van der Waals surface area contributed by atoms with Crippen LogP contribution in [0.25, 0.3) is 0 Å². The summed E-state index contributed by atoms with van der Waals surface area (Å²) < 4.78 is 30.7. The van der Waals surface area contributed by atoms with Crippen molar-refractivity contribution in [1.29, 1.82) is 0 Å². The molecule has 8 heteroatoms. The number of aromatic hydroxyl groups is 4. The minimum absolute atomic E-state index is 0.0810. The van der Waals surface area contributed by atoms with Gasteiger partial charge in [-0.15, -0.1) is 0 Å². The highest BCUT2D eigenvalue weighted by Crippen LogP contribution is 2.48. The Labute approximate surface area is 91.0 Å². The van der Waals surface area contributed by atoms with Gasteiger partial charge in [0.05, 0.1) is 0 Å². The second kappa shape index (κ2) is 3.72. The summed E-state index contributed by atoms with van der Waals surface area (Å²) in [7, 11) is -4.82. The molecule has 90 valence electrons. The lowest BCUT2D eigenvalue weighted by Crippen LogP contribution is -2.04. The van der Waals surface area contributed by atoms with E-state index in [1.54, 1.807) is 0 Å². The summed E-state index contributed by atoms with van der Waals surface area (Å²) >= 11 is 0. The summed E-state index contributed by atoms with van der Waals surface area (Å²) in [5.74, 6) is -4.34. The lowest BCUT2D eigenvalue weighted by Gasteiger charge is -2.12. The van der Waals surface area contributed by atoms with Gasteiger partial charge in [0.2, 0.25) is 11.5 Å². The number of rotatable bonds is 2. The maximum Gasteiger partial charge on any atom is 0.298 e. The molecule has 16 heavy (non-hydrogen) atoms. The molecule has 0 aliphatic heterocycles. The highest BCUT2D eigenvalue weighted by atomic mass is 32.2. The van der Waals surface area contributed by atoms with Crippen LogP contribution >= 0.6 is 0 Å². The average molecular weight is 250 g/mol. The first-order chi connectivity index (χ1) is 7.21. The van der Waals surface area contributed by atoms with Crippen LogP contribution in [0.1, 0.15) is 12.5 Å².